The van der Waals surface area contributed by atoms with E-state index in [4.69, 9.17) is 0 Å². The molecular weight excluding hydrogens is 186 g/mol. The average molecular weight is 200 g/mol. The molecule has 0 amide bonds. The summed E-state index contributed by atoms with van der Waals surface area (Å²) in [6.45, 7) is 5.49. The van der Waals surface area contributed by atoms with Crippen LogP contribution in [0.2, 0.25) is 0 Å². The van der Waals surface area contributed by atoms with Crippen molar-refractivity contribution >= 4 is 0 Å². The van der Waals surface area contributed by atoms with Gasteiger partial charge in [0.1, 0.15) is 0 Å². The van der Waals surface area contributed by atoms with Crippen LogP contribution in [0.4, 0.5) is 8.78 Å². The fourth-order valence-corrected chi connectivity index (χ4v) is 1.27. The van der Waals surface area contributed by atoms with Gasteiger partial charge in [-0.1, -0.05) is 26.8 Å². The minimum absolute atomic E-state index is 0.0597. The predicted molar refractivity (Wildman–Crippen MR) is 51.6 cm³/mol. The molecule has 0 fully saturated rings. The lowest BCUT2D eigenvalue weighted by Gasteiger charge is -2.20. The summed E-state index contributed by atoms with van der Waals surface area (Å²) in [6.07, 6.45) is 0. The average Bonchev–Trinajstić information content (AvgIpc) is 2.07. The molecule has 0 aromatic heterocycles. The van der Waals surface area contributed by atoms with E-state index < -0.39 is 17.0 Å². The Bertz CT molecular complexity index is 340. The maximum absolute atomic E-state index is 13.5. The molecule has 1 aromatic carbocycles. The first kappa shape index (κ1) is 11.0. The molecule has 0 aliphatic heterocycles. The SMILES string of the molecule is COc1ccc(C(C)(C)C)c(F)c1F. The van der Waals surface area contributed by atoms with Gasteiger partial charge < -0.3 is 4.74 Å². The highest BCUT2D eigenvalue weighted by atomic mass is 19.2. The molecule has 0 aliphatic carbocycles. The van der Waals surface area contributed by atoms with Crippen LogP contribution < -0.4 is 4.74 Å². The van der Waals surface area contributed by atoms with Crippen LogP contribution in [0, 0.1) is 11.6 Å². The van der Waals surface area contributed by atoms with Crippen LogP contribution in [0.25, 0.3) is 0 Å². The Morgan fingerprint density at radius 3 is 2.07 bits per heavy atom. The number of rotatable bonds is 1. The first-order valence-electron chi connectivity index (χ1n) is 4.40. The summed E-state index contributed by atoms with van der Waals surface area (Å²) < 4.78 is 31.5. The first-order chi connectivity index (χ1) is 6.38. The summed E-state index contributed by atoms with van der Waals surface area (Å²) in [5.74, 6) is -1.80. The standard InChI is InChI=1S/C11H14F2O/c1-11(2,3)7-5-6-8(14-4)10(13)9(7)12/h5-6H,1-4H3. The van der Waals surface area contributed by atoms with Crippen molar-refractivity contribution in [3.8, 4) is 5.75 Å². The fourth-order valence-electron chi connectivity index (χ4n) is 1.27. The second kappa shape index (κ2) is 3.56. The van der Waals surface area contributed by atoms with Crippen LogP contribution in [0.15, 0.2) is 12.1 Å². The maximum atomic E-state index is 13.5. The summed E-state index contributed by atoms with van der Waals surface area (Å²) in [4.78, 5) is 0. The van der Waals surface area contributed by atoms with E-state index in [-0.39, 0.29) is 5.75 Å². The van der Waals surface area contributed by atoms with Gasteiger partial charge in [0.25, 0.3) is 0 Å². The van der Waals surface area contributed by atoms with Crippen LogP contribution in [0.3, 0.4) is 0 Å². The van der Waals surface area contributed by atoms with Gasteiger partial charge in [-0.25, -0.2) is 4.39 Å². The number of halogens is 2. The van der Waals surface area contributed by atoms with Gasteiger partial charge in [-0.15, -0.1) is 0 Å². The van der Waals surface area contributed by atoms with Gasteiger partial charge in [-0.2, -0.15) is 4.39 Å². The zero-order chi connectivity index (χ0) is 10.9. The third-order valence-electron chi connectivity index (χ3n) is 2.07. The molecule has 1 rings (SSSR count). The molecular formula is C11H14F2O. The van der Waals surface area contributed by atoms with Crippen LogP contribution in [-0.2, 0) is 5.41 Å². The zero-order valence-electron chi connectivity index (χ0n) is 8.82. The van der Waals surface area contributed by atoms with Gasteiger partial charge in [-0.3, -0.25) is 0 Å². The normalized spacial score (nSPS) is 11.6. The Hall–Kier alpha value is -1.12. The van der Waals surface area contributed by atoms with Crippen LogP contribution in [-0.4, -0.2) is 7.11 Å². The van der Waals surface area contributed by atoms with Crippen LogP contribution in [0.1, 0.15) is 26.3 Å². The molecule has 14 heavy (non-hydrogen) atoms. The summed E-state index contributed by atoms with van der Waals surface area (Å²) >= 11 is 0. The minimum atomic E-state index is -0.917. The van der Waals surface area contributed by atoms with Crippen molar-refractivity contribution in [2.24, 2.45) is 0 Å². The number of ether oxygens (including phenoxy) is 1. The molecule has 0 bridgehead atoms. The predicted octanol–water partition coefficient (Wildman–Crippen LogP) is 3.27. The smallest absolute Gasteiger partial charge is 0.200 e. The Morgan fingerprint density at radius 1 is 1.07 bits per heavy atom. The molecule has 0 saturated carbocycles. The van der Waals surface area contributed by atoms with Gasteiger partial charge in [-0.05, 0) is 17.0 Å². The molecule has 1 nitrogen and oxygen atoms in total. The number of hydrogen-bond acceptors (Lipinski definition) is 1. The van der Waals surface area contributed by atoms with Crippen molar-refractivity contribution in [1.82, 2.24) is 0 Å². The molecule has 1 aromatic rings. The third-order valence-corrected chi connectivity index (χ3v) is 2.07. The molecule has 0 radical (unpaired) electrons. The van der Waals surface area contributed by atoms with Crippen LogP contribution >= 0.6 is 0 Å². The highest BCUT2D eigenvalue weighted by Crippen LogP contribution is 2.30. The van der Waals surface area contributed by atoms with Crippen molar-refractivity contribution in [2.75, 3.05) is 7.11 Å². The lowest BCUT2D eigenvalue weighted by Crippen LogP contribution is -2.14. The lowest BCUT2D eigenvalue weighted by atomic mass is 9.86. The monoisotopic (exact) mass is 200 g/mol. The second-order valence-corrected chi connectivity index (χ2v) is 4.19. The summed E-state index contributed by atoms with van der Waals surface area (Å²) in [5, 5.41) is 0. The quantitative estimate of drug-likeness (QED) is 0.676. The van der Waals surface area contributed by atoms with Gasteiger partial charge in [0, 0.05) is 0 Å². The van der Waals surface area contributed by atoms with E-state index in [0.29, 0.717) is 5.56 Å². The first-order valence-corrected chi connectivity index (χ1v) is 4.40. The Kier molecular flexibility index (Phi) is 2.79. The number of methoxy groups -OCH3 is 1. The molecule has 0 aliphatic rings. The largest absolute Gasteiger partial charge is 0.494 e. The van der Waals surface area contributed by atoms with Crippen molar-refractivity contribution in [1.29, 1.82) is 0 Å². The number of benzene rings is 1. The van der Waals surface area contributed by atoms with E-state index in [2.05, 4.69) is 4.74 Å². The van der Waals surface area contributed by atoms with Crippen molar-refractivity contribution in [2.45, 2.75) is 26.2 Å². The molecule has 3 heteroatoms. The van der Waals surface area contributed by atoms with E-state index in [1.54, 1.807) is 6.07 Å². The summed E-state index contributed by atoms with van der Waals surface area (Å²) in [6, 6.07) is 3.00. The Morgan fingerprint density at radius 2 is 1.64 bits per heavy atom. The van der Waals surface area contributed by atoms with Crippen molar-refractivity contribution < 1.29 is 13.5 Å². The second-order valence-electron chi connectivity index (χ2n) is 4.19. The molecule has 0 saturated heterocycles. The topological polar surface area (TPSA) is 9.23 Å². The molecule has 0 heterocycles. The Balaban J connectivity index is 3.31. The maximum Gasteiger partial charge on any atom is 0.200 e. The molecule has 0 spiro atoms. The third kappa shape index (κ3) is 1.86. The van der Waals surface area contributed by atoms with E-state index >= 15 is 0 Å². The molecule has 0 atom stereocenters. The number of hydrogen-bond donors (Lipinski definition) is 0. The van der Waals surface area contributed by atoms with Crippen LogP contribution in [0.5, 0.6) is 5.75 Å². The van der Waals surface area contributed by atoms with Gasteiger partial charge in [0.15, 0.2) is 11.6 Å². The Labute approximate surface area is 82.7 Å². The van der Waals surface area contributed by atoms with E-state index in [1.807, 2.05) is 20.8 Å². The zero-order valence-corrected chi connectivity index (χ0v) is 8.82. The van der Waals surface area contributed by atoms with E-state index in [1.165, 1.54) is 13.2 Å². The molecule has 78 valence electrons. The molecule has 0 unspecified atom stereocenters. The van der Waals surface area contributed by atoms with E-state index in [0.717, 1.165) is 0 Å². The van der Waals surface area contributed by atoms with Crippen molar-refractivity contribution in [3.05, 3.63) is 29.3 Å². The van der Waals surface area contributed by atoms with Gasteiger partial charge in [0.05, 0.1) is 7.11 Å². The summed E-state index contributed by atoms with van der Waals surface area (Å²) in [7, 11) is 1.31. The van der Waals surface area contributed by atoms with E-state index in [9.17, 15) is 8.78 Å². The highest BCUT2D eigenvalue weighted by Gasteiger charge is 2.22. The lowest BCUT2D eigenvalue weighted by molar-refractivity contribution is 0.366. The minimum Gasteiger partial charge on any atom is -0.494 e. The highest BCUT2D eigenvalue weighted by molar-refractivity contribution is 5.34. The summed E-state index contributed by atoms with van der Waals surface area (Å²) in [5.41, 5.74) is -0.0483. The van der Waals surface area contributed by atoms with Gasteiger partial charge >= 0.3 is 0 Å². The fraction of sp³-hybridized carbons (Fsp3) is 0.455. The van der Waals surface area contributed by atoms with Crippen molar-refractivity contribution in [3.63, 3.8) is 0 Å². The molecule has 0 N–H and O–H groups in total. The van der Waals surface area contributed by atoms with Gasteiger partial charge in [0.2, 0.25) is 5.82 Å².